The topological polar surface area (TPSA) is 85.0 Å². The minimum atomic E-state index is -0.809. The van der Waals surface area contributed by atoms with Gasteiger partial charge in [0, 0.05) is 55.7 Å². The number of hydrogen-bond donors (Lipinski definition) is 2. The zero-order valence-corrected chi connectivity index (χ0v) is 21.6. The summed E-state index contributed by atoms with van der Waals surface area (Å²) in [5, 5.41) is 6.36. The summed E-state index contributed by atoms with van der Waals surface area (Å²) in [5.41, 5.74) is 2.98. The van der Waals surface area contributed by atoms with Gasteiger partial charge in [-0.05, 0) is 47.9 Å². The van der Waals surface area contributed by atoms with Crippen LogP contribution in [0.1, 0.15) is 31.7 Å². The van der Waals surface area contributed by atoms with E-state index in [9.17, 15) is 14.4 Å². The summed E-state index contributed by atoms with van der Waals surface area (Å²) in [6, 6.07) is 14.6. The highest BCUT2D eigenvalue weighted by atomic mass is 35.5. The molecule has 2 aromatic carbocycles. The lowest BCUT2D eigenvalue weighted by Crippen LogP contribution is -2.60. The Morgan fingerprint density at radius 2 is 1.67 bits per heavy atom. The van der Waals surface area contributed by atoms with Crippen LogP contribution in [-0.4, -0.2) is 79.4 Å². The maximum atomic E-state index is 13.2. The van der Waals surface area contributed by atoms with E-state index in [1.54, 1.807) is 4.90 Å². The molecule has 2 saturated heterocycles. The zero-order chi connectivity index (χ0) is 25.7. The van der Waals surface area contributed by atoms with Gasteiger partial charge in [-0.1, -0.05) is 37.6 Å². The quantitative estimate of drug-likeness (QED) is 0.597. The normalized spacial score (nSPS) is 18.8. The highest BCUT2D eigenvalue weighted by Crippen LogP contribution is 2.20. The van der Waals surface area contributed by atoms with E-state index >= 15 is 0 Å². The number of nitrogens with zero attached hydrogens (tertiary/aromatic N) is 3. The molecule has 9 heteroatoms. The first-order chi connectivity index (χ1) is 17.3. The van der Waals surface area contributed by atoms with Gasteiger partial charge < -0.3 is 20.4 Å². The van der Waals surface area contributed by atoms with Gasteiger partial charge in [0.2, 0.25) is 17.7 Å². The van der Waals surface area contributed by atoms with Crippen LogP contribution in [0.3, 0.4) is 0 Å². The molecule has 0 aliphatic carbocycles. The number of carbonyl (C=O) groups is 3. The lowest BCUT2D eigenvalue weighted by atomic mass is 10.0. The van der Waals surface area contributed by atoms with Crippen LogP contribution in [0.5, 0.6) is 0 Å². The van der Waals surface area contributed by atoms with Crippen LogP contribution in [0.2, 0.25) is 5.02 Å². The molecule has 4 rings (SSSR count). The molecule has 0 saturated carbocycles. The first-order valence-corrected chi connectivity index (χ1v) is 12.9. The lowest BCUT2D eigenvalue weighted by Gasteiger charge is -2.39. The second-order valence-corrected chi connectivity index (χ2v) is 10.1. The van der Waals surface area contributed by atoms with Crippen LogP contribution in [-0.2, 0) is 14.4 Å². The van der Waals surface area contributed by atoms with Gasteiger partial charge in [0.05, 0.1) is 13.0 Å². The number of amides is 3. The number of nitrogens with one attached hydrogen (secondary N) is 2. The second kappa shape index (κ2) is 11.8. The first-order valence-electron chi connectivity index (χ1n) is 12.5. The maximum absolute atomic E-state index is 13.2. The molecule has 2 fully saturated rings. The predicted octanol–water partition coefficient (Wildman–Crippen LogP) is 2.94. The largest absolute Gasteiger partial charge is 0.369 e. The van der Waals surface area contributed by atoms with Crippen molar-refractivity contribution in [3.63, 3.8) is 0 Å². The van der Waals surface area contributed by atoms with E-state index in [2.05, 4.69) is 34.3 Å². The number of carbonyl (C=O) groups excluding carboxylic acids is 3. The molecule has 2 aliphatic rings. The van der Waals surface area contributed by atoms with Crippen molar-refractivity contribution in [2.75, 3.05) is 56.0 Å². The summed E-state index contributed by atoms with van der Waals surface area (Å²) in [6.45, 7) is 8.34. The van der Waals surface area contributed by atoms with Gasteiger partial charge in [-0.25, -0.2) is 0 Å². The minimum Gasteiger partial charge on any atom is -0.369 e. The van der Waals surface area contributed by atoms with Crippen molar-refractivity contribution in [1.82, 2.24) is 15.1 Å². The van der Waals surface area contributed by atoms with Crippen molar-refractivity contribution >= 4 is 40.7 Å². The third-order valence-corrected chi connectivity index (χ3v) is 7.07. The number of benzene rings is 2. The van der Waals surface area contributed by atoms with Crippen molar-refractivity contribution < 1.29 is 14.4 Å². The van der Waals surface area contributed by atoms with Crippen LogP contribution in [0.25, 0.3) is 0 Å². The van der Waals surface area contributed by atoms with Crippen LogP contribution in [0.15, 0.2) is 48.5 Å². The van der Waals surface area contributed by atoms with E-state index in [1.165, 1.54) is 5.56 Å². The molecule has 0 aromatic heterocycles. The summed E-state index contributed by atoms with van der Waals surface area (Å²) in [6.07, 6.45) is -0.0755. The monoisotopic (exact) mass is 511 g/mol. The lowest BCUT2D eigenvalue weighted by molar-refractivity contribution is -0.145. The molecule has 1 atom stereocenters. The Morgan fingerprint density at radius 1 is 1.00 bits per heavy atom. The maximum Gasteiger partial charge on any atom is 0.243 e. The molecule has 8 nitrogen and oxygen atoms in total. The highest BCUT2D eigenvalue weighted by Gasteiger charge is 2.35. The Balaban J connectivity index is 1.31. The Hall–Kier alpha value is -3.10. The molecule has 2 N–H and O–H groups in total. The summed E-state index contributed by atoms with van der Waals surface area (Å²) in [7, 11) is 0. The minimum absolute atomic E-state index is 0.0755. The fourth-order valence-corrected chi connectivity index (χ4v) is 4.78. The number of halogens is 1. The predicted molar refractivity (Wildman–Crippen MR) is 142 cm³/mol. The molecule has 2 heterocycles. The van der Waals surface area contributed by atoms with E-state index in [-0.39, 0.29) is 30.7 Å². The standard InChI is InChI=1S/C27H34ClN5O3/c1-19(2)20-3-7-22(8-4-20)30-25(34)17-24-27(36)29-11-12-33(24)26(35)18-31-13-15-32(16-14-31)23-9-5-21(28)6-10-23/h3-10,19,24H,11-18H2,1-2H3,(H,29,36)(H,30,34)/t24-/m1/s1. The smallest absolute Gasteiger partial charge is 0.243 e. The van der Waals surface area contributed by atoms with Gasteiger partial charge in [-0.15, -0.1) is 0 Å². The summed E-state index contributed by atoms with van der Waals surface area (Å²) >= 11 is 5.99. The van der Waals surface area contributed by atoms with Gasteiger partial charge in [0.25, 0.3) is 0 Å². The highest BCUT2D eigenvalue weighted by molar-refractivity contribution is 6.30. The number of piperazine rings is 2. The molecular formula is C27H34ClN5O3. The van der Waals surface area contributed by atoms with E-state index in [1.807, 2.05) is 48.5 Å². The summed E-state index contributed by atoms with van der Waals surface area (Å²) in [4.78, 5) is 44.5. The van der Waals surface area contributed by atoms with Crippen molar-refractivity contribution in [3.8, 4) is 0 Å². The molecule has 0 unspecified atom stereocenters. The van der Waals surface area contributed by atoms with Crippen molar-refractivity contribution in [2.45, 2.75) is 32.2 Å². The van der Waals surface area contributed by atoms with Crippen LogP contribution < -0.4 is 15.5 Å². The van der Waals surface area contributed by atoms with E-state index in [0.29, 0.717) is 29.7 Å². The van der Waals surface area contributed by atoms with Crippen LogP contribution >= 0.6 is 11.6 Å². The van der Waals surface area contributed by atoms with Gasteiger partial charge in [0.1, 0.15) is 6.04 Å². The van der Waals surface area contributed by atoms with Crippen molar-refractivity contribution in [1.29, 1.82) is 0 Å². The summed E-state index contributed by atoms with van der Waals surface area (Å²) < 4.78 is 0. The second-order valence-electron chi connectivity index (χ2n) is 9.66. The molecule has 36 heavy (non-hydrogen) atoms. The number of anilines is 2. The third-order valence-electron chi connectivity index (χ3n) is 6.81. The fourth-order valence-electron chi connectivity index (χ4n) is 4.65. The molecule has 2 aromatic rings. The molecule has 0 radical (unpaired) electrons. The Morgan fingerprint density at radius 3 is 2.31 bits per heavy atom. The summed E-state index contributed by atoms with van der Waals surface area (Å²) in [5.74, 6) is -0.291. The zero-order valence-electron chi connectivity index (χ0n) is 20.9. The van der Waals surface area contributed by atoms with E-state index in [4.69, 9.17) is 11.6 Å². The van der Waals surface area contributed by atoms with E-state index in [0.717, 1.165) is 31.9 Å². The van der Waals surface area contributed by atoms with Crippen molar-refractivity contribution in [3.05, 3.63) is 59.1 Å². The fraction of sp³-hybridized carbons (Fsp3) is 0.444. The Bertz CT molecular complexity index is 1070. The average Bonchev–Trinajstić information content (AvgIpc) is 2.86. The van der Waals surface area contributed by atoms with Crippen LogP contribution in [0.4, 0.5) is 11.4 Å². The van der Waals surface area contributed by atoms with Gasteiger partial charge in [-0.2, -0.15) is 0 Å². The Labute approximate surface area is 217 Å². The molecule has 2 aliphatic heterocycles. The SMILES string of the molecule is CC(C)c1ccc(NC(=O)C[C@@H]2C(=O)NCCN2C(=O)CN2CCN(c3ccc(Cl)cc3)CC2)cc1. The molecular weight excluding hydrogens is 478 g/mol. The van der Waals surface area contributed by atoms with Crippen molar-refractivity contribution in [2.24, 2.45) is 0 Å². The number of rotatable bonds is 7. The third kappa shape index (κ3) is 6.56. The Kier molecular flexibility index (Phi) is 8.48. The van der Waals surface area contributed by atoms with Gasteiger partial charge in [-0.3, -0.25) is 19.3 Å². The number of hydrogen-bond acceptors (Lipinski definition) is 5. The average molecular weight is 512 g/mol. The molecule has 3 amide bonds. The first kappa shape index (κ1) is 26.0. The van der Waals surface area contributed by atoms with Gasteiger partial charge >= 0.3 is 0 Å². The van der Waals surface area contributed by atoms with E-state index < -0.39 is 6.04 Å². The molecule has 192 valence electrons. The molecule has 0 spiro atoms. The van der Waals surface area contributed by atoms with Crippen LogP contribution in [0, 0.1) is 0 Å². The van der Waals surface area contributed by atoms with Gasteiger partial charge in [0.15, 0.2) is 0 Å². The molecule has 0 bridgehead atoms.